The zero-order valence-corrected chi connectivity index (χ0v) is 6.25. The molecule has 0 unspecified atom stereocenters. The van der Waals surface area contributed by atoms with Crippen molar-refractivity contribution in [1.82, 2.24) is 10.4 Å². The third kappa shape index (κ3) is 1.16. The van der Waals surface area contributed by atoms with Gasteiger partial charge in [-0.3, -0.25) is 0 Å². The molecule has 56 valence electrons. The molecule has 0 amide bonds. The third-order valence-corrected chi connectivity index (χ3v) is 1.23. The van der Waals surface area contributed by atoms with Gasteiger partial charge in [0, 0.05) is 5.27 Å². The molecule has 0 aliphatic rings. The van der Waals surface area contributed by atoms with E-state index in [1.165, 1.54) is 0 Å². The molecule has 1 heterocycles. The normalized spacial score (nSPS) is 12.0. The standard InChI is InChI=1S/C6H10N2O2/c1-4-5(6(2,3)9)7-8-10-4/h9H,1-3H3. The van der Waals surface area contributed by atoms with Gasteiger partial charge in [0.25, 0.3) is 0 Å². The largest absolute Gasteiger partial charge is 0.384 e. The summed E-state index contributed by atoms with van der Waals surface area (Å²) in [5.74, 6) is 0.562. The first-order valence-electron chi connectivity index (χ1n) is 3.03. The zero-order valence-electron chi connectivity index (χ0n) is 6.25. The van der Waals surface area contributed by atoms with Gasteiger partial charge in [-0.1, -0.05) is 0 Å². The molecule has 4 nitrogen and oxygen atoms in total. The summed E-state index contributed by atoms with van der Waals surface area (Å²) < 4.78 is 4.67. The molecule has 0 atom stereocenters. The molecular formula is C6H10N2O2. The van der Waals surface area contributed by atoms with Crippen molar-refractivity contribution in [1.29, 1.82) is 0 Å². The quantitative estimate of drug-likeness (QED) is 0.624. The Balaban J connectivity index is 3.05. The molecule has 0 saturated carbocycles. The Labute approximate surface area is 58.8 Å². The van der Waals surface area contributed by atoms with Crippen molar-refractivity contribution >= 4 is 0 Å². The van der Waals surface area contributed by atoms with Crippen LogP contribution in [0.2, 0.25) is 0 Å². The summed E-state index contributed by atoms with van der Waals surface area (Å²) in [6.07, 6.45) is 0. The van der Waals surface area contributed by atoms with E-state index < -0.39 is 5.60 Å². The van der Waals surface area contributed by atoms with Gasteiger partial charge in [0.2, 0.25) is 0 Å². The van der Waals surface area contributed by atoms with Gasteiger partial charge < -0.3 is 9.63 Å². The van der Waals surface area contributed by atoms with Crippen LogP contribution in [0.3, 0.4) is 0 Å². The van der Waals surface area contributed by atoms with Gasteiger partial charge in [-0.25, -0.2) is 0 Å². The molecule has 0 aliphatic heterocycles. The number of hydrogen-bond donors (Lipinski definition) is 1. The minimum atomic E-state index is -0.954. The van der Waals surface area contributed by atoms with Crippen LogP contribution in [0.25, 0.3) is 0 Å². The highest BCUT2D eigenvalue weighted by atomic mass is 16.5. The van der Waals surface area contributed by atoms with E-state index in [1.54, 1.807) is 20.8 Å². The van der Waals surface area contributed by atoms with Crippen LogP contribution in [0.15, 0.2) is 4.52 Å². The van der Waals surface area contributed by atoms with Crippen LogP contribution in [0.5, 0.6) is 0 Å². The highest BCUT2D eigenvalue weighted by Gasteiger charge is 2.23. The Kier molecular flexibility index (Phi) is 1.48. The maximum atomic E-state index is 9.40. The van der Waals surface area contributed by atoms with Crippen molar-refractivity contribution in [3.05, 3.63) is 11.5 Å². The van der Waals surface area contributed by atoms with E-state index in [1.807, 2.05) is 0 Å². The number of aliphatic hydroxyl groups is 1. The molecule has 0 saturated heterocycles. The Morgan fingerprint density at radius 3 is 2.30 bits per heavy atom. The number of hydrogen-bond acceptors (Lipinski definition) is 4. The molecule has 0 radical (unpaired) electrons. The second-order valence-corrected chi connectivity index (χ2v) is 2.74. The number of aryl methyl sites for hydroxylation is 1. The minimum absolute atomic E-state index is 0.493. The van der Waals surface area contributed by atoms with Crippen molar-refractivity contribution in [2.75, 3.05) is 0 Å². The summed E-state index contributed by atoms with van der Waals surface area (Å²) in [5.41, 5.74) is -0.461. The molecule has 1 aromatic heterocycles. The monoisotopic (exact) mass is 142 g/mol. The first kappa shape index (κ1) is 7.21. The number of nitrogens with zero attached hydrogens (tertiary/aromatic N) is 2. The first-order chi connectivity index (χ1) is 4.52. The van der Waals surface area contributed by atoms with Gasteiger partial charge in [0.1, 0.15) is 11.3 Å². The molecule has 1 aromatic rings. The fraction of sp³-hybridized carbons (Fsp3) is 0.667. The molecule has 0 aromatic carbocycles. The number of rotatable bonds is 1. The van der Waals surface area contributed by atoms with Gasteiger partial charge in [-0.15, -0.1) is 5.10 Å². The van der Waals surface area contributed by atoms with Crippen molar-refractivity contribution in [3.8, 4) is 0 Å². The smallest absolute Gasteiger partial charge is 0.160 e. The van der Waals surface area contributed by atoms with E-state index in [0.717, 1.165) is 0 Å². The van der Waals surface area contributed by atoms with Gasteiger partial charge in [-0.2, -0.15) is 0 Å². The lowest BCUT2D eigenvalue weighted by Gasteiger charge is -2.12. The van der Waals surface area contributed by atoms with Crippen molar-refractivity contribution < 1.29 is 9.63 Å². The molecular weight excluding hydrogens is 132 g/mol. The van der Waals surface area contributed by atoms with Crippen LogP contribution in [0.4, 0.5) is 0 Å². The van der Waals surface area contributed by atoms with Crippen LogP contribution >= 0.6 is 0 Å². The Morgan fingerprint density at radius 1 is 1.50 bits per heavy atom. The molecule has 10 heavy (non-hydrogen) atoms. The second kappa shape index (κ2) is 2.05. The van der Waals surface area contributed by atoms with E-state index in [4.69, 9.17) is 0 Å². The van der Waals surface area contributed by atoms with Crippen LogP contribution in [0.1, 0.15) is 25.3 Å². The van der Waals surface area contributed by atoms with E-state index >= 15 is 0 Å². The van der Waals surface area contributed by atoms with Gasteiger partial charge >= 0.3 is 0 Å². The molecule has 0 fully saturated rings. The zero-order chi connectivity index (χ0) is 7.78. The molecule has 0 spiro atoms. The Hall–Kier alpha value is -0.900. The summed E-state index contributed by atoms with van der Waals surface area (Å²) in [4.78, 5) is 0. The fourth-order valence-electron chi connectivity index (χ4n) is 0.789. The second-order valence-electron chi connectivity index (χ2n) is 2.74. The SMILES string of the molecule is Cc1onnc1C(C)(C)O. The lowest BCUT2D eigenvalue weighted by molar-refractivity contribution is 0.0727. The topological polar surface area (TPSA) is 59.2 Å². The van der Waals surface area contributed by atoms with E-state index in [9.17, 15) is 5.11 Å². The molecule has 0 aliphatic carbocycles. The van der Waals surface area contributed by atoms with Gasteiger partial charge in [0.05, 0.1) is 0 Å². The summed E-state index contributed by atoms with van der Waals surface area (Å²) in [6.45, 7) is 4.99. The highest BCUT2D eigenvalue weighted by Crippen LogP contribution is 2.19. The Bertz CT molecular complexity index is 224. The van der Waals surface area contributed by atoms with Crippen LogP contribution < -0.4 is 0 Å². The summed E-state index contributed by atoms with van der Waals surface area (Å²) in [5, 5.41) is 16.3. The lowest BCUT2D eigenvalue weighted by Crippen LogP contribution is -2.17. The van der Waals surface area contributed by atoms with Crippen molar-refractivity contribution in [2.24, 2.45) is 0 Å². The summed E-state index contributed by atoms with van der Waals surface area (Å²) >= 11 is 0. The maximum absolute atomic E-state index is 9.40. The average Bonchev–Trinajstić information content (AvgIpc) is 2.11. The van der Waals surface area contributed by atoms with E-state index in [2.05, 4.69) is 14.9 Å². The molecule has 0 bridgehead atoms. The Morgan fingerprint density at radius 2 is 2.10 bits per heavy atom. The maximum Gasteiger partial charge on any atom is 0.160 e. The van der Waals surface area contributed by atoms with Crippen LogP contribution in [-0.4, -0.2) is 15.5 Å². The van der Waals surface area contributed by atoms with E-state index in [0.29, 0.717) is 11.5 Å². The molecule has 4 heteroatoms. The lowest BCUT2D eigenvalue weighted by atomic mass is 10.1. The van der Waals surface area contributed by atoms with Gasteiger partial charge in [-0.05, 0) is 20.8 Å². The van der Waals surface area contributed by atoms with Gasteiger partial charge in [0.15, 0.2) is 5.76 Å². The average molecular weight is 142 g/mol. The van der Waals surface area contributed by atoms with E-state index in [-0.39, 0.29) is 0 Å². The fourth-order valence-corrected chi connectivity index (χ4v) is 0.789. The first-order valence-corrected chi connectivity index (χ1v) is 3.03. The summed E-state index contributed by atoms with van der Waals surface area (Å²) in [6, 6.07) is 0. The number of aromatic nitrogens is 2. The van der Waals surface area contributed by atoms with Crippen molar-refractivity contribution in [3.63, 3.8) is 0 Å². The van der Waals surface area contributed by atoms with Crippen LogP contribution in [-0.2, 0) is 5.60 Å². The van der Waals surface area contributed by atoms with Crippen LogP contribution in [0, 0.1) is 6.92 Å². The van der Waals surface area contributed by atoms with Crippen molar-refractivity contribution in [2.45, 2.75) is 26.4 Å². The predicted molar refractivity (Wildman–Crippen MR) is 34.3 cm³/mol. The predicted octanol–water partition coefficient (Wildman–Crippen LogP) is 0.605. The summed E-state index contributed by atoms with van der Waals surface area (Å²) in [7, 11) is 0. The highest BCUT2D eigenvalue weighted by molar-refractivity contribution is 5.10. The minimum Gasteiger partial charge on any atom is -0.384 e. The molecule has 1 N–H and O–H groups in total. The third-order valence-electron chi connectivity index (χ3n) is 1.23. The molecule has 1 rings (SSSR count).